The molecule has 1 atom stereocenters. The Hall–Kier alpha value is -3.26. The van der Waals surface area contributed by atoms with Gasteiger partial charge in [-0.3, -0.25) is 14.6 Å². The van der Waals surface area contributed by atoms with Crippen LogP contribution in [0, 0.1) is 0 Å². The van der Waals surface area contributed by atoms with E-state index in [1.54, 1.807) is 24.5 Å². The van der Waals surface area contributed by atoms with Crippen molar-refractivity contribution in [2.24, 2.45) is 0 Å². The minimum Gasteiger partial charge on any atom is -0.484 e. The van der Waals surface area contributed by atoms with E-state index in [-0.39, 0.29) is 24.5 Å². The summed E-state index contributed by atoms with van der Waals surface area (Å²) in [5.41, 5.74) is 3.61. The van der Waals surface area contributed by atoms with Gasteiger partial charge in [-0.15, -0.1) is 11.3 Å². The minimum absolute atomic E-state index is 0.0217. The molecule has 4 rings (SSSR count). The lowest BCUT2D eigenvalue weighted by Crippen LogP contribution is -2.31. The van der Waals surface area contributed by atoms with Gasteiger partial charge in [0.2, 0.25) is 5.91 Å². The zero-order valence-electron chi connectivity index (χ0n) is 15.8. The fourth-order valence-corrected chi connectivity index (χ4v) is 3.91. The molecule has 3 heterocycles. The van der Waals surface area contributed by atoms with Crippen molar-refractivity contribution in [1.82, 2.24) is 15.3 Å². The highest BCUT2D eigenvalue weighted by Crippen LogP contribution is 2.27. The Labute approximate surface area is 172 Å². The third kappa shape index (κ3) is 4.60. The summed E-state index contributed by atoms with van der Waals surface area (Å²) < 4.78 is 5.62. The molecule has 1 unspecified atom stereocenters. The number of fused-ring (bicyclic) bond motifs is 1. The normalized spacial score (nSPS) is 13.9. The van der Waals surface area contributed by atoms with Crippen LogP contribution in [-0.2, 0) is 16.0 Å². The molecule has 0 bridgehead atoms. The number of benzene rings is 1. The number of ether oxygens (including phenoxy) is 1. The van der Waals surface area contributed by atoms with Crippen LogP contribution in [-0.4, -0.2) is 28.4 Å². The van der Waals surface area contributed by atoms with Crippen molar-refractivity contribution in [3.8, 4) is 17.0 Å². The lowest BCUT2D eigenvalue weighted by atomic mass is 10.0. The molecule has 8 heteroatoms. The van der Waals surface area contributed by atoms with Crippen LogP contribution in [0.15, 0.2) is 48.1 Å². The van der Waals surface area contributed by atoms with Crippen molar-refractivity contribution >= 4 is 28.8 Å². The van der Waals surface area contributed by atoms with Crippen LogP contribution in [0.5, 0.6) is 5.75 Å². The number of hydrogen-bond donors (Lipinski definition) is 2. The number of carbonyl (C=O) groups is 2. The van der Waals surface area contributed by atoms with Crippen molar-refractivity contribution in [2.45, 2.75) is 25.8 Å². The molecule has 0 spiro atoms. The van der Waals surface area contributed by atoms with E-state index in [1.807, 2.05) is 30.5 Å². The first-order valence-corrected chi connectivity index (χ1v) is 10.2. The molecule has 1 aliphatic rings. The zero-order chi connectivity index (χ0) is 20.2. The molecule has 0 aliphatic carbocycles. The maximum Gasteiger partial charge on any atom is 0.258 e. The first-order chi connectivity index (χ1) is 14.1. The van der Waals surface area contributed by atoms with Crippen molar-refractivity contribution < 1.29 is 14.3 Å². The summed E-state index contributed by atoms with van der Waals surface area (Å²) in [4.78, 5) is 32.4. The number of carbonyl (C=O) groups excluding carboxylic acids is 2. The monoisotopic (exact) mass is 408 g/mol. The molecule has 0 saturated carbocycles. The molecule has 0 saturated heterocycles. The summed E-state index contributed by atoms with van der Waals surface area (Å²) in [7, 11) is 0. The SMILES string of the molecule is CC(NC(=O)COc1ccc2c(c1)CCC(=O)N2)c1nc(-c2cccnc2)cs1. The molecule has 7 nitrogen and oxygen atoms in total. The molecule has 2 N–H and O–H groups in total. The largest absolute Gasteiger partial charge is 0.484 e. The molecule has 3 aromatic rings. The Kier molecular flexibility index (Phi) is 5.53. The Bertz CT molecular complexity index is 1040. The topological polar surface area (TPSA) is 93.2 Å². The highest BCUT2D eigenvalue weighted by molar-refractivity contribution is 7.10. The molecule has 1 aromatic carbocycles. The maximum atomic E-state index is 12.3. The molecule has 0 radical (unpaired) electrons. The average Bonchev–Trinajstić information content (AvgIpc) is 3.23. The standard InChI is InChI=1S/C21H20N4O3S/c1-13(21-25-18(12-29-21)15-3-2-8-22-10-15)23-20(27)11-28-16-5-6-17-14(9-16)4-7-19(26)24-17/h2-3,5-6,8-10,12-13H,4,7,11H2,1H3,(H,23,27)(H,24,26). The fraction of sp³-hybridized carbons (Fsp3) is 0.238. The summed E-state index contributed by atoms with van der Waals surface area (Å²) >= 11 is 1.50. The summed E-state index contributed by atoms with van der Waals surface area (Å²) in [5.74, 6) is 0.408. The second-order valence-electron chi connectivity index (χ2n) is 6.76. The first-order valence-electron chi connectivity index (χ1n) is 9.29. The van der Waals surface area contributed by atoms with Gasteiger partial charge in [0.1, 0.15) is 10.8 Å². The lowest BCUT2D eigenvalue weighted by molar-refractivity contribution is -0.123. The summed E-state index contributed by atoms with van der Waals surface area (Å²) in [5, 5.41) is 8.51. The summed E-state index contributed by atoms with van der Waals surface area (Å²) in [6.45, 7) is 1.81. The van der Waals surface area contributed by atoms with Gasteiger partial charge in [0.05, 0.1) is 11.7 Å². The molecular formula is C21H20N4O3S. The molecule has 1 aliphatic heterocycles. The summed E-state index contributed by atoms with van der Waals surface area (Å²) in [6, 6.07) is 9.02. The van der Waals surface area contributed by atoms with Gasteiger partial charge in [0.15, 0.2) is 6.61 Å². The third-order valence-corrected chi connectivity index (χ3v) is 5.60. The molecule has 0 fully saturated rings. The molecule has 29 heavy (non-hydrogen) atoms. The first kappa shape index (κ1) is 19.1. The number of aryl methyl sites for hydroxylation is 1. The zero-order valence-corrected chi connectivity index (χ0v) is 16.7. The number of nitrogens with zero attached hydrogens (tertiary/aromatic N) is 2. The van der Waals surface area contributed by atoms with Crippen molar-refractivity contribution in [3.63, 3.8) is 0 Å². The second kappa shape index (κ2) is 8.40. The Morgan fingerprint density at radius 1 is 1.34 bits per heavy atom. The van der Waals surface area contributed by atoms with Gasteiger partial charge in [-0.1, -0.05) is 0 Å². The lowest BCUT2D eigenvalue weighted by Gasteiger charge is -2.18. The average molecular weight is 408 g/mol. The summed E-state index contributed by atoms with van der Waals surface area (Å²) in [6.07, 6.45) is 4.62. The maximum absolute atomic E-state index is 12.3. The Balaban J connectivity index is 1.32. The quantitative estimate of drug-likeness (QED) is 0.652. The highest BCUT2D eigenvalue weighted by Gasteiger charge is 2.17. The number of anilines is 1. The molecular weight excluding hydrogens is 388 g/mol. The second-order valence-corrected chi connectivity index (χ2v) is 7.65. The van der Waals surface area contributed by atoms with Crippen LogP contribution in [0.4, 0.5) is 5.69 Å². The van der Waals surface area contributed by atoms with E-state index in [0.29, 0.717) is 18.6 Å². The van der Waals surface area contributed by atoms with Gasteiger partial charge in [0, 0.05) is 35.4 Å². The number of rotatable bonds is 6. The predicted molar refractivity (Wildman–Crippen MR) is 111 cm³/mol. The van der Waals surface area contributed by atoms with E-state index in [1.165, 1.54) is 11.3 Å². The van der Waals surface area contributed by atoms with E-state index in [0.717, 1.165) is 27.5 Å². The van der Waals surface area contributed by atoms with Crippen LogP contribution >= 0.6 is 11.3 Å². The number of hydrogen-bond acceptors (Lipinski definition) is 6. The van der Waals surface area contributed by atoms with Gasteiger partial charge in [-0.25, -0.2) is 4.98 Å². The van der Waals surface area contributed by atoms with E-state index in [2.05, 4.69) is 20.6 Å². The van der Waals surface area contributed by atoms with Gasteiger partial charge in [0.25, 0.3) is 5.91 Å². The van der Waals surface area contributed by atoms with E-state index in [4.69, 9.17) is 4.74 Å². The van der Waals surface area contributed by atoms with Gasteiger partial charge in [-0.05, 0) is 49.2 Å². The Morgan fingerprint density at radius 2 is 2.24 bits per heavy atom. The van der Waals surface area contributed by atoms with Crippen LogP contribution in [0.25, 0.3) is 11.3 Å². The predicted octanol–water partition coefficient (Wildman–Crippen LogP) is 3.35. The van der Waals surface area contributed by atoms with Crippen molar-refractivity contribution in [3.05, 3.63) is 58.7 Å². The molecule has 148 valence electrons. The van der Waals surface area contributed by atoms with Crippen LogP contribution < -0.4 is 15.4 Å². The van der Waals surface area contributed by atoms with Gasteiger partial charge >= 0.3 is 0 Å². The van der Waals surface area contributed by atoms with Gasteiger partial charge < -0.3 is 15.4 Å². The van der Waals surface area contributed by atoms with Crippen LogP contribution in [0.3, 0.4) is 0 Å². The van der Waals surface area contributed by atoms with Crippen molar-refractivity contribution in [1.29, 1.82) is 0 Å². The molecule has 2 amide bonds. The smallest absolute Gasteiger partial charge is 0.258 e. The third-order valence-electron chi connectivity index (χ3n) is 4.57. The number of amides is 2. The number of nitrogens with one attached hydrogen (secondary N) is 2. The minimum atomic E-state index is -0.222. The van der Waals surface area contributed by atoms with Crippen LogP contribution in [0.1, 0.15) is 30.0 Å². The highest BCUT2D eigenvalue weighted by atomic mass is 32.1. The number of thiazole rings is 1. The fourth-order valence-electron chi connectivity index (χ4n) is 3.08. The van der Waals surface area contributed by atoms with E-state index in [9.17, 15) is 9.59 Å². The number of aromatic nitrogens is 2. The number of pyridine rings is 1. The van der Waals surface area contributed by atoms with E-state index < -0.39 is 0 Å². The van der Waals surface area contributed by atoms with Gasteiger partial charge in [-0.2, -0.15) is 0 Å². The van der Waals surface area contributed by atoms with Crippen LogP contribution in [0.2, 0.25) is 0 Å². The van der Waals surface area contributed by atoms with E-state index >= 15 is 0 Å². The van der Waals surface area contributed by atoms with Crippen molar-refractivity contribution in [2.75, 3.05) is 11.9 Å². The Morgan fingerprint density at radius 3 is 3.07 bits per heavy atom. The molecule has 2 aromatic heterocycles.